The van der Waals surface area contributed by atoms with Crippen LogP contribution in [0.2, 0.25) is 0 Å². The van der Waals surface area contributed by atoms with Gasteiger partial charge in [0, 0.05) is 26.2 Å². The van der Waals surface area contributed by atoms with E-state index >= 15 is 0 Å². The summed E-state index contributed by atoms with van der Waals surface area (Å²) in [6.45, 7) is 6.34. The molecular weight excluding hydrogens is 250 g/mol. The Hall–Kier alpha value is -1.18. The first-order chi connectivity index (χ1) is 9.09. The molecule has 1 rings (SSSR count). The highest BCUT2D eigenvalue weighted by atomic mass is 16.5. The Kier molecular flexibility index (Phi) is 7.39. The molecule has 1 heterocycles. The van der Waals surface area contributed by atoms with Crippen molar-refractivity contribution in [2.24, 2.45) is 0 Å². The molecule has 7 heteroatoms. The third-order valence-corrected chi connectivity index (χ3v) is 2.80. The lowest BCUT2D eigenvalue weighted by Gasteiger charge is -2.26. The van der Waals surface area contributed by atoms with Crippen LogP contribution in [0.25, 0.3) is 0 Å². The van der Waals surface area contributed by atoms with Gasteiger partial charge in [0.05, 0.1) is 19.3 Å². The number of aliphatic hydroxyl groups excluding tert-OH is 1. The lowest BCUT2D eigenvalue weighted by Crippen LogP contribution is -2.43. The molecule has 0 aromatic heterocycles. The third-order valence-electron chi connectivity index (χ3n) is 2.80. The van der Waals surface area contributed by atoms with Crippen molar-refractivity contribution in [3.63, 3.8) is 0 Å². The first kappa shape index (κ1) is 15.9. The van der Waals surface area contributed by atoms with Crippen molar-refractivity contribution in [2.75, 3.05) is 45.9 Å². The zero-order valence-corrected chi connectivity index (χ0v) is 11.4. The Labute approximate surface area is 113 Å². The van der Waals surface area contributed by atoms with E-state index in [0.717, 1.165) is 39.3 Å². The number of hydrogen-bond donors (Lipinski definition) is 3. The summed E-state index contributed by atoms with van der Waals surface area (Å²) in [4.78, 5) is 24.9. The lowest BCUT2D eigenvalue weighted by molar-refractivity contribution is -0.139. The maximum Gasteiger partial charge on any atom is 0.309 e. The monoisotopic (exact) mass is 273 g/mol. The van der Waals surface area contributed by atoms with E-state index in [1.54, 1.807) is 6.92 Å². The fourth-order valence-electron chi connectivity index (χ4n) is 1.73. The predicted octanol–water partition coefficient (Wildman–Crippen LogP) is -1.68. The van der Waals surface area contributed by atoms with Crippen molar-refractivity contribution in [3.8, 4) is 0 Å². The van der Waals surface area contributed by atoms with Crippen LogP contribution in [0.1, 0.15) is 13.3 Å². The Morgan fingerprint density at radius 1 is 1.26 bits per heavy atom. The van der Waals surface area contributed by atoms with E-state index in [1.165, 1.54) is 0 Å². The van der Waals surface area contributed by atoms with Crippen molar-refractivity contribution in [1.29, 1.82) is 0 Å². The molecule has 0 aliphatic carbocycles. The summed E-state index contributed by atoms with van der Waals surface area (Å²) in [6.07, 6.45) is 0.146. The normalized spacial score (nSPS) is 17.8. The van der Waals surface area contributed by atoms with Crippen LogP contribution < -0.4 is 10.6 Å². The first-order valence-electron chi connectivity index (χ1n) is 6.64. The summed E-state index contributed by atoms with van der Waals surface area (Å²) in [5, 5.41) is 13.9. The van der Waals surface area contributed by atoms with Gasteiger partial charge in [-0.2, -0.15) is 0 Å². The summed E-state index contributed by atoms with van der Waals surface area (Å²) in [5.41, 5.74) is 0. The van der Waals surface area contributed by atoms with Crippen molar-refractivity contribution in [1.82, 2.24) is 15.5 Å². The molecule has 0 unspecified atom stereocenters. The highest BCUT2D eigenvalue weighted by molar-refractivity contribution is 6.35. The van der Waals surface area contributed by atoms with E-state index in [2.05, 4.69) is 15.5 Å². The molecule has 0 aromatic rings. The molecule has 2 amide bonds. The van der Waals surface area contributed by atoms with Gasteiger partial charge < -0.3 is 20.5 Å². The second-order valence-corrected chi connectivity index (χ2v) is 4.62. The average Bonchev–Trinajstić information content (AvgIpc) is 2.41. The van der Waals surface area contributed by atoms with Crippen molar-refractivity contribution >= 4 is 11.8 Å². The topological polar surface area (TPSA) is 90.9 Å². The van der Waals surface area contributed by atoms with Crippen molar-refractivity contribution in [3.05, 3.63) is 0 Å². The Balaban J connectivity index is 2.04. The van der Waals surface area contributed by atoms with Crippen LogP contribution in [0, 0.1) is 0 Å². The van der Waals surface area contributed by atoms with Gasteiger partial charge in [-0.05, 0) is 19.9 Å². The van der Waals surface area contributed by atoms with Gasteiger partial charge in [-0.25, -0.2) is 0 Å². The second-order valence-electron chi connectivity index (χ2n) is 4.62. The number of morpholine rings is 1. The summed E-state index contributed by atoms with van der Waals surface area (Å²) in [5.74, 6) is -1.35. The smallest absolute Gasteiger partial charge is 0.309 e. The average molecular weight is 273 g/mol. The van der Waals surface area contributed by atoms with E-state index in [9.17, 15) is 9.59 Å². The number of carbonyl (C=O) groups is 2. The van der Waals surface area contributed by atoms with E-state index < -0.39 is 17.9 Å². The standard InChI is InChI=1S/C12H23N3O4/c1-10(16)9-14-12(18)11(17)13-3-2-4-15-5-7-19-8-6-15/h10,16H,2-9H2,1H3,(H,13,17)(H,14,18)/t10-/m1/s1. The molecule has 0 saturated carbocycles. The van der Waals surface area contributed by atoms with Crippen LogP contribution in [0.5, 0.6) is 0 Å². The highest BCUT2D eigenvalue weighted by Crippen LogP contribution is 1.97. The zero-order chi connectivity index (χ0) is 14.1. The fourth-order valence-corrected chi connectivity index (χ4v) is 1.73. The van der Waals surface area contributed by atoms with Gasteiger partial charge in [0.15, 0.2) is 0 Å². The number of aliphatic hydroxyl groups is 1. The number of nitrogens with one attached hydrogen (secondary N) is 2. The van der Waals surface area contributed by atoms with E-state index in [1.807, 2.05) is 0 Å². The molecule has 0 spiro atoms. The fraction of sp³-hybridized carbons (Fsp3) is 0.833. The van der Waals surface area contributed by atoms with Crippen molar-refractivity contribution < 1.29 is 19.4 Å². The molecule has 1 aliphatic rings. The van der Waals surface area contributed by atoms with Crippen LogP contribution >= 0.6 is 0 Å². The van der Waals surface area contributed by atoms with Crippen molar-refractivity contribution in [2.45, 2.75) is 19.4 Å². The Morgan fingerprint density at radius 2 is 1.89 bits per heavy atom. The third kappa shape index (κ3) is 7.09. The molecule has 0 bridgehead atoms. The highest BCUT2D eigenvalue weighted by Gasteiger charge is 2.13. The van der Waals surface area contributed by atoms with Crippen LogP contribution in [0.3, 0.4) is 0 Å². The number of ether oxygens (including phenoxy) is 1. The molecule has 0 radical (unpaired) electrons. The van der Waals surface area contributed by atoms with Gasteiger partial charge in [-0.3, -0.25) is 14.5 Å². The minimum absolute atomic E-state index is 0.0834. The summed E-state index contributed by atoms with van der Waals surface area (Å²) < 4.78 is 5.24. The number of rotatable bonds is 6. The number of amides is 2. The lowest BCUT2D eigenvalue weighted by atomic mass is 10.3. The van der Waals surface area contributed by atoms with Gasteiger partial charge in [-0.15, -0.1) is 0 Å². The number of hydrogen-bond acceptors (Lipinski definition) is 5. The van der Waals surface area contributed by atoms with Gasteiger partial charge in [0.1, 0.15) is 0 Å². The molecule has 3 N–H and O–H groups in total. The number of nitrogens with zero attached hydrogens (tertiary/aromatic N) is 1. The summed E-state index contributed by atoms with van der Waals surface area (Å²) >= 11 is 0. The predicted molar refractivity (Wildman–Crippen MR) is 69.6 cm³/mol. The molecule has 110 valence electrons. The van der Waals surface area contributed by atoms with E-state index in [4.69, 9.17) is 9.84 Å². The molecule has 1 atom stereocenters. The summed E-state index contributed by atoms with van der Waals surface area (Å²) in [6, 6.07) is 0. The molecule has 0 aromatic carbocycles. The maximum absolute atomic E-state index is 11.4. The summed E-state index contributed by atoms with van der Waals surface area (Å²) in [7, 11) is 0. The van der Waals surface area contributed by atoms with E-state index in [0.29, 0.717) is 6.54 Å². The maximum atomic E-state index is 11.4. The molecule has 19 heavy (non-hydrogen) atoms. The van der Waals surface area contributed by atoms with Crippen LogP contribution in [-0.4, -0.2) is 73.9 Å². The zero-order valence-electron chi connectivity index (χ0n) is 11.4. The minimum atomic E-state index is -0.702. The largest absolute Gasteiger partial charge is 0.392 e. The molecule has 7 nitrogen and oxygen atoms in total. The van der Waals surface area contributed by atoms with Crippen LogP contribution in [-0.2, 0) is 14.3 Å². The second kappa shape index (κ2) is 8.84. The SMILES string of the molecule is C[C@@H](O)CNC(=O)C(=O)NCCCN1CCOCC1. The van der Waals surface area contributed by atoms with E-state index in [-0.39, 0.29) is 6.54 Å². The number of carbonyl (C=O) groups excluding carboxylic acids is 2. The Bertz CT molecular complexity index is 291. The quantitative estimate of drug-likeness (QED) is 0.397. The van der Waals surface area contributed by atoms with Gasteiger partial charge in [0.2, 0.25) is 0 Å². The van der Waals surface area contributed by atoms with Gasteiger partial charge in [0.25, 0.3) is 0 Å². The van der Waals surface area contributed by atoms with Crippen LogP contribution in [0.4, 0.5) is 0 Å². The minimum Gasteiger partial charge on any atom is -0.392 e. The molecular formula is C12H23N3O4. The van der Waals surface area contributed by atoms with Gasteiger partial charge in [-0.1, -0.05) is 0 Å². The van der Waals surface area contributed by atoms with Gasteiger partial charge >= 0.3 is 11.8 Å². The molecule has 1 saturated heterocycles. The molecule has 1 aliphatic heterocycles. The van der Waals surface area contributed by atoms with Crippen LogP contribution in [0.15, 0.2) is 0 Å². The first-order valence-corrected chi connectivity index (χ1v) is 6.64. The Morgan fingerprint density at radius 3 is 2.53 bits per heavy atom. The molecule has 1 fully saturated rings.